The molecule has 1 atom stereocenters. The molecule has 0 radical (unpaired) electrons. The molecule has 1 saturated carbocycles. The normalized spacial score (nSPS) is 17.8. The zero-order valence-corrected chi connectivity index (χ0v) is 18.1. The Kier molecular flexibility index (Phi) is 6.12. The van der Waals surface area contributed by atoms with Crippen LogP contribution in [0.4, 0.5) is 26.4 Å². The van der Waals surface area contributed by atoms with Crippen molar-refractivity contribution in [3.8, 4) is 0 Å². The summed E-state index contributed by atoms with van der Waals surface area (Å²) < 4.78 is 25.3. The van der Waals surface area contributed by atoms with E-state index in [-0.39, 0.29) is 24.7 Å². The number of nitrogens with zero attached hydrogens (tertiary/aromatic N) is 3. The first-order valence-electron chi connectivity index (χ1n) is 10.1. The second kappa shape index (κ2) is 8.99. The lowest BCUT2D eigenvalue weighted by Gasteiger charge is -2.20. The molecule has 0 bridgehead atoms. The quantitative estimate of drug-likeness (QED) is 0.347. The number of cyclic esters (lactones) is 1. The summed E-state index contributed by atoms with van der Waals surface area (Å²) in [7, 11) is 1.64. The van der Waals surface area contributed by atoms with E-state index in [1.807, 2.05) is 0 Å². The van der Waals surface area contributed by atoms with E-state index in [2.05, 4.69) is 10.6 Å². The first-order valence-corrected chi connectivity index (χ1v) is 10.5. The molecule has 10 nitrogen and oxygen atoms in total. The standard InChI is InChI=1S/C20H22FN5O5S/c1-24(10-14-5-7-18(30-14)26(28)29)17-6-4-13(8-16(17)21)25-11-15(31-20(25)27)9-22-19(32)23-12-2-3-12/h4-8,12,15H,2-3,9-11H2,1H3,(H2,22,23,32). The van der Waals surface area contributed by atoms with Gasteiger partial charge in [0, 0.05) is 13.1 Å². The third kappa shape index (κ3) is 5.07. The fourth-order valence-electron chi connectivity index (χ4n) is 3.35. The van der Waals surface area contributed by atoms with E-state index in [1.54, 1.807) is 18.0 Å². The van der Waals surface area contributed by atoms with Gasteiger partial charge in [-0.3, -0.25) is 15.0 Å². The van der Waals surface area contributed by atoms with E-state index in [0.29, 0.717) is 29.1 Å². The summed E-state index contributed by atoms with van der Waals surface area (Å²) in [5.41, 5.74) is 0.634. The Labute approximate surface area is 188 Å². The van der Waals surface area contributed by atoms with Gasteiger partial charge >= 0.3 is 12.0 Å². The van der Waals surface area contributed by atoms with Gasteiger partial charge in [-0.2, -0.15) is 0 Å². The third-order valence-corrected chi connectivity index (χ3v) is 5.41. The number of nitro groups is 1. The highest BCUT2D eigenvalue weighted by Crippen LogP contribution is 2.28. The molecule has 1 unspecified atom stereocenters. The van der Waals surface area contributed by atoms with Gasteiger partial charge in [0.1, 0.15) is 22.6 Å². The Morgan fingerprint density at radius 3 is 2.81 bits per heavy atom. The number of hydrogen-bond acceptors (Lipinski definition) is 7. The summed E-state index contributed by atoms with van der Waals surface area (Å²) >= 11 is 5.20. The number of rotatable bonds is 8. The number of halogens is 1. The number of carbonyl (C=O) groups excluding carboxylic acids is 1. The van der Waals surface area contributed by atoms with Crippen LogP contribution in [-0.4, -0.2) is 48.4 Å². The van der Waals surface area contributed by atoms with Crippen molar-refractivity contribution < 1.29 is 23.3 Å². The predicted molar refractivity (Wildman–Crippen MR) is 118 cm³/mol. The van der Waals surface area contributed by atoms with Gasteiger partial charge in [0.25, 0.3) is 0 Å². The molecule has 1 aliphatic heterocycles. The van der Waals surface area contributed by atoms with Gasteiger partial charge in [0.2, 0.25) is 0 Å². The summed E-state index contributed by atoms with van der Waals surface area (Å²) in [5, 5.41) is 17.5. The SMILES string of the molecule is CN(Cc1ccc([N+](=O)[O-])o1)c1ccc(N2CC(CNC(=S)NC3CC3)OC2=O)cc1F. The molecule has 2 heterocycles. The van der Waals surface area contributed by atoms with Gasteiger partial charge < -0.3 is 24.7 Å². The predicted octanol–water partition coefficient (Wildman–Crippen LogP) is 2.92. The minimum Gasteiger partial charge on any atom is -0.442 e. The molecular formula is C20H22FN5O5S. The molecule has 12 heteroatoms. The van der Waals surface area contributed by atoms with E-state index in [0.717, 1.165) is 12.8 Å². The Bertz CT molecular complexity index is 1040. The van der Waals surface area contributed by atoms with Crippen LogP contribution in [0.25, 0.3) is 0 Å². The van der Waals surface area contributed by atoms with E-state index in [1.165, 1.54) is 29.2 Å². The summed E-state index contributed by atoms with van der Waals surface area (Å²) in [6.07, 6.45) is 1.24. The first-order chi connectivity index (χ1) is 15.3. The Morgan fingerprint density at radius 2 is 2.16 bits per heavy atom. The van der Waals surface area contributed by atoms with Gasteiger partial charge in [0.15, 0.2) is 5.11 Å². The van der Waals surface area contributed by atoms with E-state index in [4.69, 9.17) is 21.4 Å². The largest absolute Gasteiger partial charge is 0.442 e. The molecule has 1 saturated heterocycles. The van der Waals surface area contributed by atoms with Crippen LogP contribution in [0.3, 0.4) is 0 Å². The lowest BCUT2D eigenvalue weighted by Crippen LogP contribution is -2.41. The molecule has 32 heavy (non-hydrogen) atoms. The molecule has 1 aliphatic carbocycles. The maximum absolute atomic E-state index is 14.8. The highest BCUT2D eigenvalue weighted by Gasteiger charge is 2.33. The number of anilines is 2. The monoisotopic (exact) mass is 463 g/mol. The molecule has 1 aromatic heterocycles. The van der Waals surface area contributed by atoms with Crippen LogP contribution in [0.1, 0.15) is 18.6 Å². The van der Waals surface area contributed by atoms with Crippen molar-refractivity contribution in [2.75, 3.05) is 29.9 Å². The van der Waals surface area contributed by atoms with Crippen molar-refractivity contribution in [1.82, 2.24) is 10.6 Å². The number of amides is 1. The molecule has 0 spiro atoms. The average Bonchev–Trinajstić information content (AvgIpc) is 3.28. The molecule has 170 valence electrons. The second-order valence-electron chi connectivity index (χ2n) is 7.73. The smallest absolute Gasteiger partial charge is 0.433 e. The van der Waals surface area contributed by atoms with Crippen LogP contribution in [0.15, 0.2) is 34.7 Å². The van der Waals surface area contributed by atoms with Gasteiger partial charge in [-0.15, -0.1) is 0 Å². The molecular weight excluding hydrogens is 441 g/mol. The highest BCUT2D eigenvalue weighted by atomic mass is 32.1. The average molecular weight is 463 g/mol. The molecule has 2 fully saturated rings. The number of hydrogen-bond donors (Lipinski definition) is 2. The lowest BCUT2D eigenvalue weighted by atomic mass is 10.2. The van der Waals surface area contributed by atoms with Crippen LogP contribution >= 0.6 is 12.2 Å². The van der Waals surface area contributed by atoms with Crippen molar-refractivity contribution in [1.29, 1.82) is 0 Å². The first kappa shape index (κ1) is 21.8. The van der Waals surface area contributed by atoms with Gasteiger partial charge in [-0.25, -0.2) is 9.18 Å². The van der Waals surface area contributed by atoms with Crippen LogP contribution < -0.4 is 20.4 Å². The number of nitrogens with one attached hydrogen (secondary N) is 2. The number of furan rings is 1. The van der Waals surface area contributed by atoms with Crippen LogP contribution in [0.2, 0.25) is 0 Å². The van der Waals surface area contributed by atoms with Crippen molar-refractivity contribution in [3.63, 3.8) is 0 Å². The minimum atomic E-state index is -0.631. The zero-order valence-electron chi connectivity index (χ0n) is 17.2. The van der Waals surface area contributed by atoms with Gasteiger partial charge in [-0.05, 0) is 49.3 Å². The van der Waals surface area contributed by atoms with Crippen LogP contribution in [-0.2, 0) is 11.3 Å². The summed E-state index contributed by atoms with van der Waals surface area (Å²) in [5.74, 6) is -0.588. The topological polar surface area (TPSA) is 113 Å². The summed E-state index contributed by atoms with van der Waals surface area (Å²) in [6.45, 7) is 0.764. The number of thiocarbonyl (C=S) groups is 1. The molecule has 2 aromatic rings. The van der Waals surface area contributed by atoms with Crippen molar-refractivity contribution in [2.45, 2.75) is 31.5 Å². The minimum absolute atomic E-state index is 0.137. The van der Waals surface area contributed by atoms with Crippen molar-refractivity contribution >= 4 is 40.7 Å². The van der Waals surface area contributed by atoms with Crippen LogP contribution in [0, 0.1) is 15.9 Å². The van der Waals surface area contributed by atoms with Crippen LogP contribution in [0.5, 0.6) is 0 Å². The van der Waals surface area contributed by atoms with Gasteiger partial charge in [0.05, 0.1) is 37.1 Å². The summed E-state index contributed by atoms with van der Waals surface area (Å²) in [4.78, 5) is 25.3. The fraction of sp³-hybridized carbons (Fsp3) is 0.400. The van der Waals surface area contributed by atoms with E-state index in [9.17, 15) is 19.3 Å². The highest BCUT2D eigenvalue weighted by molar-refractivity contribution is 7.80. The number of ether oxygens (including phenoxy) is 1. The summed E-state index contributed by atoms with van der Waals surface area (Å²) in [6, 6.07) is 7.57. The lowest BCUT2D eigenvalue weighted by molar-refractivity contribution is -0.402. The fourth-order valence-corrected chi connectivity index (χ4v) is 3.60. The molecule has 2 N–H and O–H groups in total. The number of carbonyl (C=O) groups is 1. The molecule has 4 rings (SSSR count). The van der Waals surface area contributed by atoms with Crippen molar-refractivity contribution in [2.24, 2.45) is 0 Å². The van der Waals surface area contributed by atoms with E-state index < -0.39 is 22.9 Å². The Balaban J connectivity index is 1.35. The van der Waals surface area contributed by atoms with Gasteiger partial charge in [-0.1, -0.05) is 0 Å². The Hall–Kier alpha value is -3.41. The molecule has 2 aliphatic rings. The maximum atomic E-state index is 14.8. The Morgan fingerprint density at radius 1 is 1.38 bits per heavy atom. The molecule has 1 amide bonds. The van der Waals surface area contributed by atoms with Crippen molar-refractivity contribution in [3.05, 3.63) is 52.0 Å². The third-order valence-electron chi connectivity index (χ3n) is 5.15. The molecule has 1 aromatic carbocycles. The van der Waals surface area contributed by atoms with E-state index >= 15 is 0 Å². The zero-order chi connectivity index (χ0) is 22.8. The maximum Gasteiger partial charge on any atom is 0.433 e. The second-order valence-corrected chi connectivity index (χ2v) is 8.14. The number of benzene rings is 1.